The topological polar surface area (TPSA) is 108 Å². The number of allylic oxidation sites excluding steroid dienone is 2. The highest BCUT2D eigenvalue weighted by Gasteiger charge is 2.33. The van der Waals surface area contributed by atoms with E-state index in [1.165, 1.54) is 7.11 Å². The molecule has 0 spiro atoms. The van der Waals surface area contributed by atoms with E-state index in [0.29, 0.717) is 35.3 Å². The third-order valence-corrected chi connectivity index (χ3v) is 4.30. The normalized spacial score (nSPS) is 13.2. The van der Waals surface area contributed by atoms with Crippen LogP contribution in [0.3, 0.4) is 0 Å². The molecule has 140 valence electrons. The van der Waals surface area contributed by atoms with E-state index in [4.69, 9.17) is 37.3 Å². The molecule has 1 heterocycles. The zero-order valence-electron chi connectivity index (χ0n) is 14.9. The van der Waals surface area contributed by atoms with Crippen LogP contribution >= 0.6 is 12.2 Å². The maximum absolute atomic E-state index is 12.2. The van der Waals surface area contributed by atoms with Gasteiger partial charge in [-0.05, 0) is 44.5 Å². The fraction of sp³-hybridized carbons (Fsp3) is 0.389. The van der Waals surface area contributed by atoms with Crippen LogP contribution in [0.15, 0.2) is 11.6 Å². The lowest BCUT2D eigenvalue weighted by atomic mass is 9.94. The zero-order chi connectivity index (χ0) is 19.4. The number of fused-ring (bicyclic) bond motifs is 1. The van der Waals surface area contributed by atoms with Crippen molar-refractivity contribution in [3.8, 4) is 11.5 Å². The molecule has 0 amide bonds. The molecule has 3 N–H and O–H groups in total. The first-order valence-electron chi connectivity index (χ1n) is 8.00. The molecule has 0 atom stereocenters. The molecule has 1 aliphatic heterocycles. The number of rotatable bonds is 7. The number of cyclic esters (lactones) is 1. The van der Waals surface area contributed by atoms with Gasteiger partial charge in [0.05, 0.1) is 7.11 Å². The van der Waals surface area contributed by atoms with E-state index < -0.39 is 11.9 Å². The van der Waals surface area contributed by atoms with Gasteiger partial charge in [0.15, 0.2) is 5.75 Å². The smallest absolute Gasteiger partial charge is 0.342 e. The van der Waals surface area contributed by atoms with Gasteiger partial charge in [0.2, 0.25) is 0 Å². The summed E-state index contributed by atoms with van der Waals surface area (Å²) in [4.78, 5) is 22.9. The summed E-state index contributed by atoms with van der Waals surface area (Å²) >= 11 is 4.85. The number of esters is 1. The van der Waals surface area contributed by atoms with Crippen LogP contribution in [0.1, 0.15) is 46.8 Å². The maximum atomic E-state index is 12.2. The van der Waals surface area contributed by atoms with Crippen molar-refractivity contribution >= 4 is 29.3 Å². The Labute approximate surface area is 156 Å². The molecule has 0 bridgehead atoms. The molecule has 2 rings (SSSR count). The van der Waals surface area contributed by atoms with E-state index >= 15 is 0 Å². The highest BCUT2D eigenvalue weighted by atomic mass is 32.1. The summed E-state index contributed by atoms with van der Waals surface area (Å²) < 4.78 is 16.2. The molecule has 0 saturated carbocycles. The number of carboxylic acid groups (broad SMARTS) is 1. The Bertz CT molecular complexity index is 800. The lowest BCUT2D eigenvalue weighted by molar-refractivity contribution is -0.136. The van der Waals surface area contributed by atoms with Gasteiger partial charge in [0.25, 0.3) is 5.17 Å². The van der Waals surface area contributed by atoms with Gasteiger partial charge in [0.1, 0.15) is 17.9 Å². The summed E-state index contributed by atoms with van der Waals surface area (Å²) in [6.45, 7) is 3.82. The van der Waals surface area contributed by atoms with Crippen LogP contribution in [0.4, 0.5) is 0 Å². The van der Waals surface area contributed by atoms with Gasteiger partial charge in [-0.15, -0.1) is 0 Å². The summed E-state index contributed by atoms with van der Waals surface area (Å²) in [6, 6.07) is 0. The minimum atomic E-state index is -0.857. The molecular weight excluding hydrogens is 358 g/mol. The fourth-order valence-corrected chi connectivity index (χ4v) is 2.99. The predicted octanol–water partition coefficient (Wildman–Crippen LogP) is 2.65. The van der Waals surface area contributed by atoms with E-state index in [2.05, 4.69) is 0 Å². The third kappa shape index (κ3) is 4.13. The van der Waals surface area contributed by atoms with Gasteiger partial charge >= 0.3 is 11.9 Å². The number of hydrogen-bond donors (Lipinski definition) is 2. The number of methoxy groups -OCH3 is 1. The highest BCUT2D eigenvalue weighted by Crippen LogP contribution is 2.42. The summed E-state index contributed by atoms with van der Waals surface area (Å²) in [5.41, 5.74) is 8.83. The predicted molar refractivity (Wildman–Crippen MR) is 98.6 cm³/mol. The van der Waals surface area contributed by atoms with Crippen LogP contribution in [-0.4, -0.2) is 29.3 Å². The first kappa shape index (κ1) is 19.7. The van der Waals surface area contributed by atoms with Crippen molar-refractivity contribution in [1.82, 2.24) is 0 Å². The minimum absolute atomic E-state index is 0.0469. The molecular formula is C18H21NO6S. The van der Waals surface area contributed by atoms with Crippen LogP contribution in [0.5, 0.6) is 11.5 Å². The van der Waals surface area contributed by atoms with E-state index in [1.807, 2.05) is 19.9 Å². The first-order chi connectivity index (χ1) is 12.3. The van der Waals surface area contributed by atoms with Crippen LogP contribution < -0.4 is 15.2 Å². The van der Waals surface area contributed by atoms with Crippen molar-refractivity contribution in [3.05, 3.63) is 33.9 Å². The second-order valence-corrected chi connectivity index (χ2v) is 6.37. The Morgan fingerprint density at radius 3 is 2.65 bits per heavy atom. The van der Waals surface area contributed by atoms with Crippen molar-refractivity contribution in [1.29, 1.82) is 0 Å². The van der Waals surface area contributed by atoms with Crippen molar-refractivity contribution in [3.63, 3.8) is 0 Å². The van der Waals surface area contributed by atoms with Crippen molar-refractivity contribution in [2.45, 2.75) is 39.7 Å². The Morgan fingerprint density at radius 1 is 1.38 bits per heavy atom. The van der Waals surface area contributed by atoms with Crippen LogP contribution in [0, 0.1) is 6.92 Å². The highest BCUT2D eigenvalue weighted by molar-refractivity contribution is 7.80. The largest absolute Gasteiger partial charge is 0.496 e. The second kappa shape index (κ2) is 8.18. The number of hydrogen-bond acceptors (Lipinski definition) is 6. The molecule has 26 heavy (non-hydrogen) atoms. The van der Waals surface area contributed by atoms with Gasteiger partial charge in [-0.3, -0.25) is 4.79 Å². The third-order valence-electron chi connectivity index (χ3n) is 4.22. The van der Waals surface area contributed by atoms with Gasteiger partial charge in [-0.1, -0.05) is 11.6 Å². The van der Waals surface area contributed by atoms with Gasteiger partial charge in [-0.25, -0.2) is 4.79 Å². The Balaban J connectivity index is 2.52. The molecule has 7 nitrogen and oxygen atoms in total. The summed E-state index contributed by atoms with van der Waals surface area (Å²) in [7, 11) is 1.53. The average Bonchev–Trinajstić information content (AvgIpc) is 2.95. The van der Waals surface area contributed by atoms with Crippen molar-refractivity contribution in [2.24, 2.45) is 5.73 Å². The number of thiocarbonyl (C=S) groups is 1. The fourth-order valence-electron chi connectivity index (χ4n) is 2.91. The maximum Gasteiger partial charge on any atom is 0.342 e. The SMILES string of the molecule is COc1c(C)c2c(c(OC(N)=S)c1C/C=C(\C)CCC(=O)O)C(=O)OC2. The summed E-state index contributed by atoms with van der Waals surface area (Å²) in [6.07, 6.45) is 2.72. The van der Waals surface area contributed by atoms with Gasteiger partial charge in [-0.2, -0.15) is 0 Å². The molecule has 0 radical (unpaired) electrons. The van der Waals surface area contributed by atoms with E-state index in [1.54, 1.807) is 0 Å². The van der Waals surface area contributed by atoms with E-state index in [-0.39, 0.29) is 24.0 Å². The number of ether oxygens (including phenoxy) is 3. The Morgan fingerprint density at radius 2 is 2.08 bits per heavy atom. The molecule has 0 fully saturated rings. The Kier molecular flexibility index (Phi) is 6.20. The standard InChI is InChI=1S/C18H21NO6S/c1-9(5-7-13(20)21)4-6-11-15(23-3)10(2)12-8-24-17(22)14(12)16(11)25-18(19)26/h4H,5-8H2,1-3H3,(H2,19,26)(H,20,21)/b9-4+. The average molecular weight is 379 g/mol. The van der Waals surface area contributed by atoms with E-state index in [0.717, 1.165) is 11.1 Å². The van der Waals surface area contributed by atoms with Crippen molar-refractivity contribution < 1.29 is 28.9 Å². The van der Waals surface area contributed by atoms with Crippen LogP contribution in [-0.2, 0) is 22.6 Å². The molecule has 1 aromatic carbocycles. The number of carbonyl (C=O) groups is 2. The quantitative estimate of drug-likeness (QED) is 0.423. The second-order valence-electron chi connectivity index (χ2n) is 5.97. The zero-order valence-corrected chi connectivity index (χ0v) is 15.7. The molecule has 1 aliphatic rings. The number of benzene rings is 1. The minimum Gasteiger partial charge on any atom is -0.496 e. The van der Waals surface area contributed by atoms with Gasteiger partial charge < -0.3 is 25.1 Å². The summed E-state index contributed by atoms with van der Waals surface area (Å²) in [5, 5.41) is 8.58. The molecule has 8 heteroatoms. The molecule has 1 aromatic rings. The summed E-state index contributed by atoms with van der Waals surface area (Å²) in [5.74, 6) is -0.552. The molecule has 0 aromatic heterocycles. The lowest BCUT2D eigenvalue weighted by Crippen LogP contribution is -2.19. The first-order valence-corrected chi connectivity index (χ1v) is 8.41. The van der Waals surface area contributed by atoms with Crippen LogP contribution in [0.2, 0.25) is 0 Å². The monoisotopic (exact) mass is 379 g/mol. The number of carbonyl (C=O) groups excluding carboxylic acids is 1. The number of carboxylic acids is 1. The van der Waals surface area contributed by atoms with Gasteiger partial charge in [0, 0.05) is 17.5 Å². The molecule has 0 saturated heterocycles. The van der Waals surface area contributed by atoms with Crippen molar-refractivity contribution in [2.75, 3.05) is 7.11 Å². The Hall–Kier alpha value is -2.61. The number of nitrogens with two attached hydrogens (primary N) is 1. The lowest BCUT2D eigenvalue weighted by Gasteiger charge is -2.18. The van der Waals surface area contributed by atoms with E-state index in [9.17, 15) is 9.59 Å². The molecule has 0 unspecified atom stereocenters. The van der Waals surface area contributed by atoms with Crippen LogP contribution in [0.25, 0.3) is 0 Å². The number of aliphatic carboxylic acids is 1. The molecule has 0 aliphatic carbocycles.